The molecule has 27 heavy (non-hydrogen) atoms. The molecule has 0 fully saturated rings. The average Bonchev–Trinajstić information content (AvgIpc) is 2.56. The van der Waals surface area contributed by atoms with Crippen LogP contribution in [0.15, 0.2) is 46.4 Å². The van der Waals surface area contributed by atoms with Crippen LogP contribution in [-0.4, -0.2) is 5.78 Å². The first-order valence-corrected chi connectivity index (χ1v) is 10.4. The Labute approximate surface area is 172 Å². The summed E-state index contributed by atoms with van der Waals surface area (Å²) in [5, 5.41) is 0. The number of allylic oxidation sites excluding steroid dienone is 1. The van der Waals surface area contributed by atoms with Crippen molar-refractivity contribution in [2.45, 2.75) is 65.2 Å². The molecule has 2 aromatic rings. The van der Waals surface area contributed by atoms with Crippen LogP contribution in [-0.2, 0) is 17.3 Å². The SMILES string of the molecule is CC(C)(C)c1cc(/C=C2\CCc3ccc(Br)cc3C2=O)cc(C(C)(C)C)c1. The molecule has 2 heteroatoms. The molecule has 0 unspecified atom stereocenters. The van der Waals surface area contributed by atoms with Crippen molar-refractivity contribution in [3.63, 3.8) is 0 Å². The van der Waals surface area contributed by atoms with Gasteiger partial charge in [-0.1, -0.05) is 81.7 Å². The highest BCUT2D eigenvalue weighted by atomic mass is 79.9. The van der Waals surface area contributed by atoms with Crippen molar-refractivity contribution in [2.75, 3.05) is 0 Å². The number of carbonyl (C=O) groups excluding carboxylic acids is 1. The van der Waals surface area contributed by atoms with Gasteiger partial charge in [-0.25, -0.2) is 0 Å². The second kappa shape index (κ2) is 7.05. The lowest BCUT2D eigenvalue weighted by Gasteiger charge is -2.26. The molecule has 0 amide bonds. The van der Waals surface area contributed by atoms with E-state index in [-0.39, 0.29) is 16.6 Å². The fourth-order valence-corrected chi connectivity index (χ4v) is 3.83. The van der Waals surface area contributed by atoms with Crippen molar-refractivity contribution in [1.29, 1.82) is 0 Å². The Morgan fingerprint density at radius 3 is 2.00 bits per heavy atom. The summed E-state index contributed by atoms with van der Waals surface area (Å²) in [6.07, 6.45) is 3.83. The molecule has 0 saturated carbocycles. The topological polar surface area (TPSA) is 17.1 Å². The van der Waals surface area contributed by atoms with Gasteiger partial charge in [0.15, 0.2) is 5.78 Å². The van der Waals surface area contributed by atoms with E-state index in [1.807, 2.05) is 12.1 Å². The summed E-state index contributed by atoms with van der Waals surface area (Å²) in [6.45, 7) is 13.4. The van der Waals surface area contributed by atoms with Crippen LogP contribution in [0.4, 0.5) is 0 Å². The van der Waals surface area contributed by atoms with Crippen LogP contribution in [0.3, 0.4) is 0 Å². The third-order valence-corrected chi connectivity index (χ3v) is 5.79. The number of Topliss-reactive ketones (excluding diaryl/α,β-unsaturated/α-hetero) is 1. The average molecular weight is 425 g/mol. The number of hydrogen-bond donors (Lipinski definition) is 0. The molecular formula is C25H29BrO. The number of fused-ring (bicyclic) bond motifs is 1. The minimum absolute atomic E-state index is 0.0720. The van der Waals surface area contributed by atoms with Crippen molar-refractivity contribution in [3.8, 4) is 0 Å². The molecule has 0 bridgehead atoms. The highest BCUT2D eigenvalue weighted by Crippen LogP contribution is 2.33. The van der Waals surface area contributed by atoms with Crippen molar-refractivity contribution >= 4 is 27.8 Å². The van der Waals surface area contributed by atoms with Crippen LogP contribution in [0.1, 0.15) is 80.6 Å². The molecule has 0 spiro atoms. The third kappa shape index (κ3) is 4.43. The molecule has 2 aromatic carbocycles. The predicted octanol–water partition coefficient (Wildman–Crippen LogP) is 7.26. The molecule has 3 rings (SSSR count). The molecule has 1 aliphatic rings. The monoisotopic (exact) mass is 424 g/mol. The first kappa shape index (κ1) is 20.1. The number of rotatable bonds is 1. The van der Waals surface area contributed by atoms with Gasteiger partial charge < -0.3 is 0 Å². The zero-order valence-electron chi connectivity index (χ0n) is 17.2. The largest absolute Gasteiger partial charge is 0.289 e. The van der Waals surface area contributed by atoms with Crippen molar-refractivity contribution in [1.82, 2.24) is 0 Å². The van der Waals surface area contributed by atoms with E-state index in [0.717, 1.165) is 39.6 Å². The second-order valence-corrected chi connectivity index (χ2v) is 10.6. The number of carbonyl (C=O) groups is 1. The zero-order valence-corrected chi connectivity index (χ0v) is 18.8. The predicted molar refractivity (Wildman–Crippen MR) is 119 cm³/mol. The summed E-state index contributed by atoms with van der Waals surface area (Å²) in [6, 6.07) is 12.8. The normalized spacial score (nSPS) is 16.6. The summed E-state index contributed by atoms with van der Waals surface area (Å²) < 4.78 is 0.959. The Kier molecular flexibility index (Phi) is 5.24. The van der Waals surface area contributed by atoms with Gasteiger partial charge in [-0.15, -0.1) is 0 Å². The van der Waals surface area contributed by atoms with Gasteiger partial charge in [0, 0.05) is 15.6 Å². The van der Waals surface area contributed by atoms with E-state index in [9.17, 15) is 4.79 Å². The van der Waals surface area contributed by atoms with Crippen LogP contribution in [0.5, 0.6) is 0 Å². The summed E-state index contributed by atoms with van der Waals surface area (Å²) in [5.41, 5.74) is 6.80. The Hall–Kier alpha value is -1.67. The maximum absolute atomic E-state index is 13.0. The van der Waals surface area contributed by atoms with Gasteiger partial charge in [-0.05, 0) is 64.1 Å². The fourth-order valence-electron chi connectivity index (χ4n) is 3.47. The Morgan fingerprint density at radius 1 is 0.852 bits per heavy atom. The van der Waals surface area contributed by atoms with Gasteiger partial charge in [0.25, 0.3) is 0 Å². The zero-order chi connectivity index (χ0) is 20.0. The smallest absolute Gasteiger partial charge is 0.189 e. The van der Waals surface area contributed by atoms with E-state index in [1.165, 1.54) is 11.1 Å². The van der Waals surface area contributed by atoms with Crippen molar-refractivity contribution in [3.05, 3.63) is 74.3 Å². The van der Waals surface area contributed by atoms with Crippen LogP contribution in [0.2, 0.25) is 0 Å². The summed E-state index contributed by atoms with van der Waals surface area (Å²) in [7, 11) is 0. The molecule has 0 N–H and O–H groups in total. The molecule has 0 aliphatic heterocycles. The van der Waals surface area contributed by atoms with Gasteiger partial charge in [0.2, 0.25) is 0 Å². The van der Waals surface area contributed by atoms with Crippen LogP contribution in [0.25, 0.3) is 6.08 Å². The van der Waals surface area contributed by atoms with Gasteiger partial charge in [0.1, 0.15) is 0 Å². The Bertz CT molecular complexity index is 888. The molecule has 142 valence electrons. The van der Waals surface area contributed by atoms with Gasteiger partial charge >= 0.3 is 0 Å². The van der Waals surface area contributed by atoms with Gasteiger partial charge in [-0.2, -0.15) is 0 Å². The summed E-state index contributed by atoms with van der Waals surface area (Å²) in [4.78, 5) is 13.0. The summed E-state index contributed by atoms with van der Waals surface area (Å²) in [5.74, 6) is 0.163. The quantitative estimate of drug-likeness (QED) is 0.440. The lowest BCUT2D eigenvalue weighted by atomic mass is 9.79. The Balaban J connectivity index is 2.08. The maximum Gasteiger partial charge on any atom is 0.189 e. The maximum atomic E-state index is 13.0. The molecule has 0 saturated heterocycles. The van der Waals surface area contributed by atoms with Gasteiger partial charge in [-0.3, -0.25) is 4.79 Å². The van der Waals surface area contributed by atoms with Crippen LogP contribution >= 0.6 is 15.9 Å². The van der Waals surface area contributed by atoms with Crippen molar-refractivity contribution in [2.24, 2.45) is 0 Å². The molecule has 0 aromatic heterocycles. The van der Waals surface area contributed by atoms with E-state index in [1.54, 1.807) is 0 Å². The minimum atomic E-state index is 0.0720. The lowest BCUT2D eigenvalue weighted by molar-refractivity contribution is 0.102. The van der Waals surface area contributed by atoms with E-state index in [0.29, 0.717) is 0 Å². The highest BCUT2D eigenvalue weighted by molar-refractivity contribution is 9.10. The standard InChI is InChI=1S/C25H29BrO/c1-24(2,3)19-12-16(13-20(14-19)25(4,5)6)11-18-8-7-17-9-10-21(26)15-22(17)23(18)27/h9-15H,7-8H2,1-6H3/b18-11+. The fraction of sp³-hybridized carbons (Fsp3) is 0.400. The molecule has 1 aliphatic carbocycles. The van der Waals surface area contributed by atoms with Crippen molar-refractivity contribution < 1.29 is 4.79 Å². The molecule has 0 radical (unpaired) electrons. The third-order valence-electron chi connectivity index (χ3n) is 5.30. The Morgan fingerprint density at radius 2 is 1.44 bits per heavy atom. The van der Waals surface area contributed by atoms with Crippen LogP contribution in [0, 0.1) is 0 Å². The highest BCUT2D eigenvalue weighted by Gasteiger charge is 2.24. The van der Waals surface area contributed by atoms with E-state index in [4.69, 9.17) is 0 Å². The van der Waals surface area contributed by atoms with E-state index < -0.39 is 0 Å². The second-order valence-electron chi connectivity index (χ2n) is 9.64. The van der Waals surface area contributed by atoms with E-state index in [2.05, 4.69) is 87.8 Å². The molecular weight excluding hydrogens is 396 g/mol. The molecule has 0 atom stereocenters. The number of ketones is 1. The van der Waals surface area contributed by atoms with Gasteiger partial charge in [0.05, 0.1) is 0 Å². The number of halogens is 1. The first-order chi connectivity index (χ1) is 12.4. The first-order valence-electron chi connectivity index (χ1n) is 9.65. The number of benzene rings is 2. The van der Waals surface area contributed by atoms with E-state index >= 15 is 0 Å². The lowest BCUT2D eigenvalue weighted by Crippen LogP contribution is -2.17. The number of hydrogen-bond acceptors (Lipinski definition) is 1. The summed E-state index contributed by atoms with van der Waals surface area (Å²) >= 11 is 3.50. The molecule has 1 nitrogen and oxygen atoms in total. The molecule has 0 heterocycles. The van der Waals surface area contributed by atoms with Crippen LogP contribution < -0.4 is 0 Å². The number of aryl methyl sites for hydroxylation is 1. The minimum Gasteiger partial charge on any atom is -0.289 e.